The Hall–Kier alpha value is -2.40. The number of hydrogen-bond donors (Lipinski definition) is 1. The molecule has 0 bridgehead atoms. The van der Waals surface area contributed by atoms with Crippen LogP contribution in [0.3, 0.4) is 0 Å². The summed E-state index contributed by atoms with van der Waals surface area (Å²) in [7, 11) is 2.95. The highest BCUT2D eigenvalue weighted by Gasteiger charge is 2.21. The first-order valence-electron chi connectivity index (χ1n) is 6.26. The number of carbonyl (C=O) groups excluding carboxylic acids is 1. The number of Topliss-reactive ketones (excluding diaryl/α,β-unsaturated/α-hetero) is 1. The Balaban J connectivity index is 2.31. The third-order valence-corrected chi connectivity index (χ3v) is 3.08. The van der Waals surface area contributed by atoms with Crippen molar-refractivity contribution in [3.05, 3.63) is 59.4 Å². The SMILES string of the molecule is COc1ccc(C(O)C(=O)c2cccc(F)c2)cc1OC. The molecule has 2 aromatic rings. The van der Waals surface area contributed by atoms with Crippen LogP contribution in [0.2, 0.25) is 0 Å². The van der Waals surface area contributed by atoms with Gasteiger partial charge in [0.25, 0.3) is 0 Å². The topological polar surface area (TPSA) is 55.8 Å². The van der Waals surface area contributed by atoms with Crippen LogP contribution < -0.4 is 9.47 Å². The molecule has 1 atom stereocenters. The first-order valence-corrected chi connectivity index (χ1v) is 6.26. The minimum Gasteiger partial charge on any atom is -0.493 e. The van der Waals surface area contributed by atoms with Crippen LogP contribution in [-0.2, 0) is 0 Å². The molecule has 0 aliphatic rings. The quantitative estimate of drug-likeness (QED) is 0.860. The fourth-order valence-corrected chi connectivity index (χ4v) is 1.97. The monoisotopic (exact) mass is 290 g/mol. The zero-order valence-corrected chi connectivity index (χ0v) is 11.7. The van der Waals surface area contributed by atoms with Crippen LogP contribution in [0.4, 0.5) is 4.39 Å². The molecule has 4 nitrogen and oxygen atoms in total. The first-order chi connectivity index (χ1) is 10.1. The maximum atomic E-state index is 13.1. The molecule has 21 heavy (non-hydrogen) atoms. The highest BCUT2D eigenvalue weighted by molar-refractivity contribution is 5.99. The number of hydrogen-bond acceptors (Lipinski definition) is 4. The van der Waals surface area contributed by atoms with Crippen LogP contribution in [0.5, 0.6) is 11.5 Å². The average Bonchev–Trinajstić information content (AvgIpc) is 2.52. The molecule has 2 aromatic carbocycles. The summed E-state index contributed by atoms with van der Waals surface area (Å²) in [5, 5.41) is 10.1. The van der Waals surface area contributed by atoms with E-state index in [4.69, 9.17) is 9.47 Å². The maximum Gasteiger partial charge on any atom is 0.195 e. The second kappa shape index (κ2) is 6.37. The number of ketones is 1. The molecule has 2 rings (SSSR count). The number of ether oxygens (including phenoxy) is 2. The number of benzene rings is 2. The molecule has 0 heterocycles. The number of halogens is 1. The molecule has 0 aromatic heterocycles. The van der Waals surface area contributed by atoms with E-state index in [0.717, 1.165) is 6.07 Å². The van der Waals surface area contributed by atoms with Crippen molar-refractivity contribution in [1.82, 2.24) is 0 Å². The summed E-state index contributed by atoms with van der Waals surface area (Å²) in [6.45, 7) is 0. The zero-order chi connectivity index (χ0) is 15.4. The normalized spacial score (nSPS) is 11.8. The summed E-state index contributed by atoms with van der Waals surface area (Å²) < 4.78 is 23.4. The van der Waals surface area contributed by atoms with Crippen molar-refractivity contribution in [2.75, 3.05) is 14.2 Å². The van der Waals surface area contributed by atoms with Crippen molar-refractivity contribution in [3.63, 3.8) is 0 Å². The van der Waals surface area contributed by atoms with Gasteiger partial charge in [-0.3, -0.25) is 4.79 Å². The van der Waals surface area contributed by atoms with Gasteiger partial charge in [-0.05, 0) is 29.8 Å². The Morgan fingerprint density at radius 1 is 1.10 bits per heavy atom. The van der Waals surface area contributed by atoms with Gasteiger partial charge in [-0.2, -0.15) is 0 Å². The standard InChI is InChI=1S/C16H15FO4/c1-20-13-7-6-11(9-14(13)21-2)16(19)15(18)10-4-3-5-12(17)8-10/h3-9,16,19H,1-2H3. The van der Waals surface area contributed by atoms with Crippen LogP contribution in [-0.4, -0.2) is 25.1 Å². The van der Waals surface area contributed by atoms with Crippen molar-refractivity contribution in [2.45, 2.75) is 6.10 Å². The lowest BCUT2D eigenvalue weighted by Crippen LogP contribution is -2.12. The highest BCUT2D eigenvalue weighted by Crippen LogP contribution is 2.31. The second-order valence-electron chi connectivity index (χ2n) is 4.39. The van der Waals surface area contributed by atoms with E-state index in [-0.39, 0.29) is 5.56 Å². The lowest BCUT2D eigenvalue weighted by Gasteiger charge is -2.13. The smallest absolute Gasteiger partial charge is 0.195 e. The van der Waals surface area contributed by atoms with Gasteiger partial charge in [0.2, 0.25) is 0 Å². The lowest BCUT2D eigenvalue weighted by molar-refractivity contribution is 0.0746. The number of aliphatic hydroxyl groups excluding tert-OH is 1. The number of rotatable bonds is 5. The van der Waals surface area contributed by atoms with E-state index >= 15 is 0 Å². The predicted octanol–water partition coefficient (Wildman–Crippen LogP) is 2.76. The molecule has 0 saturated heterocycles. The van der Waals surface area contributed by atoms with Crippen molar-refractivity contribution in [1.29, 1.82) is 0 Å². The fourth-order valence-electron chi connectivity index (χ4n) is 1.97. The Morgan fingerprint density at radius 3 is 2.43 bits per heavy atom. The molecule has 0 amide bonds. The molecule has 1 N–H and O–H groups in total. The minimum atomic E-state index is -1.40. The molecule has 5 heteroatoms. The van der Waals surface area contributed by atoms with Crippen LogP contribution in [0, 0.1) is 5.82 Å². The summed E-state index contributed by atoms with van der Waals surface area (Å²) in [6, 6.07) is 9.87. The van der Waals surface area contributed by atoms with E-state index in [2.05, 4.69) is 0 Å². The van der Waals surface area contributed by atoms with E-state index in [1.54, 1.807) is 12.1 Å². The van der Waals surface area contributed by atoms with Gasteiger partial charge in [-0.1, -0.05) is 18.2 Å². The Bertz CT molecular complexity index is 654. The van der Waals surface area contributed by atoms with E-state index < -0.39 is 17.7 Å². The van der Waals surface area contributed by atoms with Gasteiger partial charge >= 0.3 is 0 Å². The molecule has 0 saturated carbocycles. The van der Waals surface area contributed by atoms with E-state index in [9.17, 15) is 14.3 Å². The molecule has 0 fully saturated rings. The minimum absolute atomic E-state index is 0.109. The van der Waals surface area contributed by atoms with Gasteiger partial charge in [0.15, 0.2) is 17.3 Å². The average molecular weight is 290 g/mol. The van der Waals surface area contributed by atoms with Gasteiger partial charge in [0.05, 0.1) is 14.2 Å². The predicted molar refractivity (Wildman–Crippen MR) is 75.2 cm³/mol. The molecule has 0 aliphatic heterocycles. The molecular formula is C16H15FO4. The summed E-state index contributed by atoms with van der Waals surface area (Å²) in [5.74, 6) is -0.213. The maximum absolute atomic E-state index is 13.1. The Morgan fingerprint density at radius 2 is 1.81 bits per heavy atom. The summed E-state index contributed by atoms with van der Waals surface area (Å²) in [6.07, 6.45) is -1.40. The Labute approximate surface area is 121 Å². The molecule has 0 radical (unpaired) electrons. The van der Waals surface area contributed by atoms with E-state index in [1.165, 1.54) is 38.5 Å². The molecule has 0 aliphatic carbocycles. The second-order valence-corrected chi connectivity index (χ2v) is 4.39. The van der Waals surface area contributed by atoms with E-state index in [1.807, 2.05) is 0 Å². The number of carbonyl (C=O) groups is 1. The van der Waals surface area contributed by atoms with Crippen LogP contribution in [0.25, 0.3) is 0 Å². The van der Waals surface area contributed by atoms with Gasteiger partial charge in [0, 0.05) is 5.56 Å². The largest absolute Gasteiger partial charge is 0.493 e. The fraction of sp³-hybridized carbons (Fsp3) is 0.188. The summed E-state index contributed by atoms with van der Waals surface area (Å²) in [5.41, 5.74) is 0.458. The Kier molecular flexibility index (Phi) is 4.55. The lowest BCUT2D eigenvalue weighted by atomic mass is 9.99. The molecule has 1 unspecified atom stereocenters. The van der Waals surface area contributed by atoms with Gasteiger partial charge in [-0.25, -0.2) is 4.39 Å². The first kappa shape index (κ1) is 15.0. The zero-order valence-electron chi connectivity index (χ0n) is 11.7. The van der Waals surface area contributed by atoms with Crippen LogP contribution >= 0.6 is 0 Å². The number of aliphatic hydroxyl groups is 1. The third-order valence-electron chi connectivity index (χ3n) is 3.08. The van der Waals surface area contributed by atoms with Crippen molar-refractivity contribution in [2.24, 2.45) is 0 Å². The summed E-state index contributed by atoms with van der Waals surface area (Å²) in [4.78, 5) is 12.2. The van der Waals surface area contributed by atoms with Crippen LogP contribution in [0.15, 0.2) is 42.5 Å². The molecule has 0 spiro atoms. The summed E-state index contributed by atoms with van der Waals surface area (Å²) >= 11 is 0. The third kappa shape index (κ3) is 3.20. The van der Waals surface area contributed by atoms with Gasteiger partial charge in [0.1, 0.15) is 11.9 Å². The van der Waals surface area contributed by atoms with Gasteiger partial charge < -0.3 is 14.6 Å². The molecular weight excluding hydrogens is 275 g/mol. The van der Waals surface area contributed by atoms with Crippen molar-refractivity contribution in [3.8, 4) is 11.5 Å². The molecule has 110 valence electrons. The van der Waals surface area contributed by atoms with E-state index in [0.29, 0.717) is 17.1 Å². The highest BCUT2D eigenvalue weighted by atomic mass is 19.1. The van der Waals surface area contributed by atoms with Crippen molar-refractivity contribution >= 4 is 5.78 Å². The van der Waals surface area contributed by atoms with Gasteiger partial charge in [-0.15, -0.1) is 0 Å². The van der Waals surface area contributed by atoms with Crippen LogP contribution in [0.1, 0.15) is 22.0 Å². The van der Waals surface area contributed by atoms with Crippen molar-refractivity contribution < 1.29 is 23.8 Å². The number of methoxy groups -OCH3 is 2.